The van der Waals surface area contributed by atoms with Crippen molar-refractivity contribution in [2.75, 3.05) is 24.1 Å². The number of carbonyl (C=O) groups excluding carboxylic acids is 1. The van der Waals surface area contributed by atoms with Gasteiger partial charge >= 0.3 is 0 Å². The van der Waals surface area contributed by atoms with Crippen molar-refractivity contribution in [2.45, 2.75) is 32.0 Å². The van der Waals surface area contributed by atoms with Gasteiger partial charge < -0.3 is 26.8 Å². The van der Waals surface area contributed by atoms with Crippen LogP contribution in [0, 0.1) is 5.41 Å². The van der Waals surface area contributed by atoms with Crippen molar-refractivity contribution >= 4 is 34.4 Å². The lowest BCUT2D eigenvalue weighted by molar-refractivity contribution is -0.118. The zero-order valence-corrected chi connectivity index (χ0v) is 17.0. The van der Waals surface area contributed by atoms with Crippen molar-refractivity contribution in [2.24, 2.45) is 5.73 Å². The zero-order chi connectivity index (χ0) is 21.1. The maximum absolute atomic E-state index is 11.2. The van der Waals surface area contributed by atoms with E-state index in [0.29, 0.717) is 11.7 Å². The molecule has 2 aromatic carbocycles. The molecule has 7 nitrogen and oxygen atoms in total. The molecule has 1 fully saturated rings. The Kier molecular flexibility index (Phi) is 5.72. The summed E-state index contributed by atoms with van der Waals surface area (Å²) in [7, 11) is 0. The Bertz CT molecular complexity index is 1070. The molecular formula is C23H28N6O. The molecule has 1 amide bonds. The number of aromatic nitrogens is 1. The SMILES string of the molecule is N=Cc1cc(NC2CCCN(Cc3ccc4c(ccn4CC(N)=O)c3)C2)ccc1N. The van der Waals surface area contributed by atoms with Crippen molar-refractivity contribution in [3.63, 3.8) is 0 Å². The van der Waals surface area contributed by atoms with Crippen LogP contribution < -0.4 is 16.8 Å². The summed E-state index contributed by atoms with van der Waals surface area (Å²) in [6, 6.07) is 14.6. The van der Waals surface area contributed by atoms with Gasteiger partial charge in [-0.05, 0) is 66.7 Å². The summed E-state index contributed by atoms with van der Waals surface area (Å²) in [5.74, 6) is -0.336. The summed E-state index contributed by atoms with van der Waals surface area (Å²) < 4.78 is 1.89. The summed E-state index contributed by atoms with van der Waals surface area (Å²) in [6.07, 6.45) is 5.47. The largest absolute Gasteiger partial charge is 0.398 e. The maximum Gasteiger partial charge on any atom is 0.237 e. The average molecular weight is 405 g/mol. The number of benzene rings is 2. The molecule has 1 aliphatic heterocycles. The fourth-order valence-electron chi connectivity index (χ4n) is 4.25. The van der Waals surface area contributed by atoms with Crippen LogP contribution in [0.1, 0.15) is 24.0 Å². The van der Waals surface area contributed by atoms with Crippen LogP contribution >= 0.6 is 0 Å². The molecule has 30 heavy (non-hydrogen) atoms. The highest BCUT2D eigenvalue weighted by atomic mass is 16.1. The molecule has 156 valence electrons. The number of nitrogens with two attached hydrogens (primary N) is 2. The van der Waals surface area contributed by atoms with Crippen LogP contribution in [0.3, 0.4) is 0 Å². The number of carbonyl (C=O) groups is 1. The fraction of sp³-hybridized carbons (Fsp3) is 0.304. The highest BCUT2D eigenvalue weighted by molar-refractivity contribution is 5.86. The monoisotopic (exact) mass is 404 g/mol. The number of rotatable bonds is 7. The fourth-order valence-corrected chi connectivity index (χ4v) is 4.25. The van der Waals surface area contributed by atoms with Gasteiger partial charge in [0, 0.05) is 54.0 Å². The smallest absolute Gasteiger partial charge is 0.237 e. The number of likely N-dealkylation sites (tertiary alicyclic amines) is 1. The molecule has 1 saturated heterocycles. The molecule has 0 bridgehead atoms. The highest BCUT2D eigenvalue weighted by Gasteiger charge is 2.20. The van der Waals surface area contributed by atoms with E-state index in [0.717, 1.165) is 54.6 Å². The van der Waals surface area contributed by atoms with Crippen LogP contribution in [-0.4, -0.2) is 40.7 Å². The average Bonchev–Trinajstić information content (AvgIpc) is 3.11. The first kappa shape index (κ1) is 20.0. The van der Waals surface area contributed by atoms with E-state index >= 15 is 0 Å². The lowest BCUT2D eigenvalue weighted by Gasteiger charge is -2.33. The highest BCUT2D eigenvalue weighted by Crippen LogP contribution is 2.23. The number of nitrogens with zero attached hydrogens (tertiary/aromatic N) is 2. The second-order valence-electron chi connectivity index (χ2n) is 8.01. The molecule has 0 aliphatic carbocycles. The van der Waals surface area contributed by atoms with Crippen molar-refractivity contribution in [3.05, 3.63) is 59.8 Å². The number of hydrogen-bond donors (Lipinski definition) is 4. The Labute approximate surface area is 176 Å². The summed E-state index contributed by atoms with van der Waals surface area (Å²) in [5.41, 5.74) is 15.9. The van der Waals surface area contributed by atoms with Crippen molar-refractivity contribution in [1.82, 2.24) is 9.47 Å². The lowest BCUT2D eigenvalue weighted by Crippen LogP contribution is -2.41. The minimum Gasteiger partial charge on any atom is -0.398 e. The molecule has 0 spiro atoms. The van der Waals surface area contributed by atoms with Gasteiger partial charge in [-0.25, -0.2) is 0 Å². The lowest BCUT2D eigenvalue weighted by atomic mass is 10.0. The van der Waals surface area contributed by atoms with Crippen LogP contribution in [0.4, 0.5) is 11.4 Å². The van der Waals surface area contributed by atoms with Gasteiger partial charge in [0.25, 0.3) is 0 Å². The third-order valence-electron chi connectivity index (χ3n) is 5.69. The second-order valence-corrected chi connectivity index (χ2v) is 8.01. The Morgan fingerprint density at radius 1 is 1.23 bits per heavy atom. The van der Waals surface area contributed by atoms with E-state index < -0.39 is 0 Å². The van der Waals surface area contributed by atoms with E-state index in [1.165, 1.54) is 11.8 Å². The summed E-state index contributed by atoms with van der Waals surface area (Å²) in [4.78, 5) is 13.7. The zero-order valence-electron chi connectivity index (χ0n) is 17.0. The summed E-state index contributed by atoms with van der Waals surface area (Å²) in [6.45, 7) is 3.13. The molecule has 0 saturated carbocycles. The van der Waals surface area contributed by atoms with E-state index in [9.17, 15) is 4.79 Å². The van der Waals surface area contributed by atoms with E-state index in [1.54, 1.807) is 0 Å². The molecule has 1 aromatic heterocycles. The van der Waals surface area contributed by atoms with Crippen LogP contribution in [0.25, 0.3) is 10.9 Å². The first-order chi connectivity index (χ1) is 14.5. The topological polar surface area (TPSA) is 113 Å². The number of piperidine rings is 1. The Morgan fingerprint density at radius 2 is 2.10 bits per heavy atom. The third kappa shape index (κ3) is 4.46. The molecule has 3 aromatic rings. The van der Waals surface area contributed by atoms with Gasteiger partial charge in [-0.3, -0.25) is 9.69 Å². The normalized spacial score (nSPS) is 17.1. The van der Waals surface area contributed by atoms with E-state index in [4.69, 9.17) is 16.9 Å². The van der Waals surface area contributed by atoms with Gasteiger partial charge in [0.2, 0.25) is 5.91 Å². The van der Waals surface area contributed by atoms with Gasteiger partial charge in [0.05, 0.1) is 0 Å². The standard InChI is InChI=1S/C23H28N6O/c24-12-18-11-19(4-5-21(18)25)27-20-2-1-8-28(14-20)13-16-3-6-22-17(10-16)7-9-29(22)15-23(26)30/h3-7,9-12,20,24,27H,1-2,8,13-15,25H2,(H2,26,30). The van der Waals surface area contributed by atoms with Crippen molar-refractivity contribution in [1.29, 1.82) is 5.41 Å². The number of primary amides is 1. The molecule has 0 radical (unpaired) electrons. The van der Waals surface area contributed by atoms with Crippen molar-refractivity contribution < 1.29 is 4.79 Å². The van der Waals surface area contributed by atoms with Crippen LogP contribution in [0.5, 0.6) is 0 Å². The Hall–Kier alpha value is -3.32. The van der Waals surface area contributed by atoms with E-state index in [-0.39, 0.29) is 12.5 Å². The number of hydrogen-bond acceptors (Lipinski definition) is 5. The summed E-state index contributed by atoms with van der Waals surface area (Å²) >= 11 is 0. The van der Waals surface area contributed by atoms with E-state index in [2.05, 4.69) is 28.4 Å². The molecule has 4 rings (SSSR count). The van der Waals surface area contributed by atoms with Crippen LogP contribution in [0.2, 0.25) is 0 Å². The molecule has 1 unspecified atom stereocenters. The number of nitrogens with one attached hydrogen (secondary N) is 2. The van der Waals surface area contributed by atoms with Gasteiger partial charge in [0.1, 0.15) is 6.54 Å². The summed E-state index contributed by atoms with van der Waals surface area (Å²) in [5, 5.41) is 12.2. The maximum atomic E-state index is 11.2. The van der Waals surface area contributed by atoms with Crippen molar-refractivity contribution in [3.8, 4) is 0 Å². The van der Waals surface area contributed by atoms with Gasteiger partial charge in [-0.1, -0.05) is 6.07 Å². The minimum atomic E-state index is -0.336. The minimum absolute atomic E-state index is 0.202. The molecule has 6 N–H and O–H groups in total. The number of fused-ring (bicyclic) bond motifs is 1. The molecule has 2 heterocycles. The molecule has 1 aliphatic rings. The Balaban J connectivity index is 1.41. The second kappa shape index (κ2) is 8.59. The van der Waals surface area contributed by atoms with Crippen LogP contribution in [0.15, 0.2) is 48.7 Å². The first-order valence-corrected chi connectivity index (χ1v) is 10.3. The quantitative estimate of drug-likeness (QED) is 0.358. The number of nitrogen functional groups attached to an aromatic ring is 1. The van der Waals surface area contributed by atoms with Crippen LogP contribution in [-0.2, 0) is 17.9 Å². The molecule has 7 heteroatoms. The molecular weight excluding hydrogens is 376 g/mol. The predicted molar refractivity (Wildman–Crippen MR) is 122 cm³/mol. The van der Waals surface area contributed by atoms with E-state index in [1.807, 2.05) is 35.0 Å². The molecule has 1 atom stereocenters. The number of amides is 1. The van der Waals surface area contributed by atoms with Gasteiger partial charge in [0.15, 0.2) is 0 Å². The third-order valence-corrected chi connectivity index (χ3v) is 5.69. The van der Waals surface area contributed by atoms with Gasteiger partial charge in [-0.15, -0.1) is 0 Å². The number of anilines is 2. The first-order valence-electron chi connectivity index (χ1n) is 10.3. The Morgan fingerprint density at radius 3 is 2.90 bits per heavy atom. The predicted octanol–water partition coefficient (Wildman–Crippen LogP) is 2.78. The van der Waals surface area contributed by atoms with Gasteiger partial charge in [-0.2, -0.15) is 0 Å².